The predicted molar refractivity (Wildman–Crippen MR) is 143 cm³/mol. The Kier molecular flexibility index (Phi) is 8.09. The van der Waals surface area contributed by atoms with Crippen molar-refractivity contribution in [2.45, 2.75) is 96.6 Å². The molecule has 1 atom stereocenters. The van der Waals surface area contributed by atoms with Gasteiger partial charge in [-0.05, 0) is 57.7 Å². The smallest absolute Gasteiger partial charge is 0.399 e. The summed E-state index contributed by atoms with van der Waals surface area (Å²) in [6.07, 6.45) is 5.26. The average Bonchev–Trinajstić information content (AvgIpc) is 3.07. The summed E-state index contributed by atoms with van der Waals surface area (Å²) in [5, 5.41) is 3.19. The highest BCUT2D eigenvalue weighted by Gasteiger charge is 2.52. The standard InChI is InChI=1S/C29H38BFN2O4/c1-20(34)33(26(22-12-8-6-9-13-22)27(35)32-23-14-10-7-11-15-23)19-21-16-17-25(31)24(18-21)30-36-28(2,3)29(4,5)37-30/h6,8-9,12-13,16-18,23,26H,7,10-11,14-15,19H2,1-5H3,(H,32,35). The van der Waals surface area contributed by atoms with Crippen LogP contribution in [0.4, 0.5) is 4.39 Å². The molecule has 1 N–H and O–H groups in total. The van der Waals surface area contributed by atoms with Gasteiger partial charge in [0.05, 0.1) is 11.2 Å². The Morgan fingerprint density at radius 2 is 1.65 bits per heavy atom. The zero-order valence-electron chi connectivity index (χ0n) is 22.6. The van der Waals surface area contributed by atoms with Gasteiger partial charge in [0.2, 0.25) is 11.8 Å². The fourth-order valence-electron chi connectivity index (χ4n) is 5.06. The second-order valence-electron chi connectivity index (χ2n) is 11.2. The van der Waals surface area contributed by atoms with E-state index in [0.717, 1.165) is 31.2 Å². The lowest BCUT2D eigenvalue weighted by Crippen LogP contribution is -2.46. The minimum absolute atomic E-state index is 0.113. The minimum Gasteiger partial charge on any atom is -0.399 e. The molecule has 0 bridgehead atoms. The van der Waals surface area contributed by atoms with Gasteiger partial charge in [0.15, 0.2) is 0 Å². The molecule has 2 fully saturated rings. The molecular weight excluding hydrogens is 470 g/mol. The number of rotatable bonds is 7. The lowest BCUT2D eigenvalue weighted by Gasteiger charge is -2.33. The SMILES string of the molecule is CC(=O)N(Cc1ccc(F)c(B2OC(C)(C)C(C)(C)O2)c1)C(C(=O)NC1CCCCC1)c1ccccc1. The van der Waals surface area contributed by atoms with Gasteiger partial charge in [-0.1, -0.05) is 61.7 Å². The predicted octanol–water partition coefficient (Wildman–Crippen LogP) is 4.66. The third kappa shape index (κ3) is 6.07. The van der Waals surface area contributed by atoms with Gasteiger partial charge < -0.3 is 19.5 Å². The number of halogens is 1. The molecule has 1 aliphatic carbocycles. The number of nitrogens with one attached hydrogen (secondary N) is 1. The summed E-state index contributed by atoms with van der Waals surface area (Å²) < 4.78 is 27.1. The number of hydrogen-bond acceptors (Lipinski definition) is 4. The van der Waals surface area contributed by atoms with Crippen LogP contribution in [0.25, 0.3) is 0 Å². The minimum atomic E-state index is -0.866. The Morgan fingerprint density at radius 3 is 2.24 bits per heavy atom. The van der Waals surface area contributed by atoms with Gasteiger partial charge in [-0.2, -0.15) is 0 Å². The van der Waals surface area contributed by atoms with Gasteiger partial charge in [0, 0.05) is 25.0 Å². The van der Waals surface area contributed by atoms with Crippen molar-refractivity contribution in [3.05, 3.63) is 65.5 Å². The summed E-state index contributed by atoms with van der Waals surface area (Å²) in [4.78, 5) is 28.1. The maximum atomic E-state index is 14.9. The third-order valence-corrected chi connectivity index (χ3v) is 7.95. The fraction of sp³-hybridized carbons (Fsp3) is 0.517. The molecule has 8 heteroatoms. The summed E-state index contributed by atoms with van der Waals surface area (Å²) in [6.45, 7) is 9.27. The van der Waals surface area contributed by atoms with Crippen LogP contribution >= 0.6 is 0 Å². The number of hydrogen-bond donors (Lipinski definition) is 1. The second kappa shape index (κ2) is 11.0. The molecule has 2 aliphatic rings. The average molecular weight is 508 g/mol. The van der Waals surface area contributed by atoms with Gasteiger partial charge in [0.1, 0.15) is 11.9 Å². The molecule has 1 aliphatic heterocycles. The van der Waals surface area contributed by atoms with E-state index in [-0.39, 0.29) is 29.9 Å². The molecule has 37 heavy (non-hydrogen) atoms. The van der Waals surface area contributed by atoms with E-state index in [0.29, 0.717) is 5.56 Å². The van der Waals surface area contributed by atoms with Gasteiger partial charge in [0.25, 0.3) is 0 Å². The maximum Gasteiger partial charge on any atom is 0.497 e. The van der Waals surface area contributed by atoms with Crippen molar-refractivity contribution < 1.29 is 23.3 Å². The van der Waals surface area contributed by atoms with Crippen molar-refractivity contribution in [2.75, 3.05) is 0 Å². The van der Waals surface area contributed by atoms with E-state index in [1.807, 2.05) is 58.0 Å². The lowest BCUT2D eigenvalue weighted by molar-refractivity contribution is -0.140. The Hall–Kier alpha value is -2.71. The molecule has 2 aromatic rings. The van der Waals surface area contributed by atoms with Crippen LogP contribution in [0, 0.1) is 5.82 Å². The van der Waals surface area contributed by atoms with E-state index in [9.17, 15) is 14.0 Å². The molecule has 198 valence electrons. The van der Waals surface area contributed by atoms with E-state index in [1.54, 1.807) is 17.0 Å². The van der Waals surface area contributed by atoms with E-state index in [4.69, 9.17) is 9.31 Å². The van der Waals surface area contributed by atoms with Crippen molar-refractivity contribution in [3.8, 4) is 0 Å². The van der Waals surface area contributed by atoms with E-state index >= 15 is 0 Å². The number of carbonyl (C=O) groups excluding carboxylic acids is 2. The first kappa shape index (κ1) is 27.3. The molecule has 1 heterocycles. The highest BCUT2D eigenvalue weighted by Crippen LogP contribution is 2.37. The summed E-state index contributed by atoms with van der Waals surface area (Å²) in [5.74, 6) is -0.873. The van der Waals surface area contributed by atoms with E-state index in [2.05, 4.69) is 5.32 Å². The zero-order chi connectivity index (χ0) is 26.8. The normalized spacial score (nSPS) is 19.9. The monoisotopic (exact) mass is 508 g/mol. The summed E-state index contributed by atoms with van der Waals surface area (Å²) >= 11 is 0. The van der Waals surface area contributed by atoms with Crippen LogP contribution < -0.4 is 10.8 Å². The molecular formula is C29H38BFN2O4. The Labute approximate surface area is 220 Å². The highest BCUT2D eigenvalue weighted by molar-refractivity contribution is 6.62. The summed E-state index contributed by atoms with van der Waals surface area (Å²) in [5.41, 5.74) is 0.483. The van der Waals surface area contributed by atoms with Crippen LogP contribution in [0.15, 0.2) is 48.5 Å². The van der Waals surface area contributed by atoms with Crippen molar-refractivity contribution in [2.24, 2.45) is 0 Å². The van der Waals surface area contributed by atoms with Crippen LogP contribution in [-0.2, 0) is 25.4 Å². The second-order valence-corrected chi connectivity index (χ2v) is 11.2. The van der Waals surface area contributed by atoms with Crippen molar-refractivity contribution in [1.82, 2.24) is 10.2 Å². The molecule has 2 amide bonds. The van der Waals surface area contributed by atoms with Crippen LogP contribution in [0.3, 0.4) is 0 Å². The lowest BCUT2D eigenvalue weighted by atomic mass is 9.78. The first-order valence-electron chi connectivity index (χ1n) is 13.2. The molecule has 0 spiro atoms. The summed E-state index contributed by atoms with van der Waals surface area (Å²) in [7, 11) is -0.866. The number of carbonyl (C=O) groups is 2. The number of nitrogens with zero attached hydrogens (tertiary/aromatic N) is 1. The molecule has 2 aromatic carbocycles. The van der Waals surface area contributed by atoms with Crippen LogP contribution in [-0.4, -0.2) is 41.1 Å². The largest absolute Gasteiger partial charge is 0.497 e. The van der Waals surface area contributed by atoms with Gasteiger partial charge >= 0.3 is 7.12 Å². The molecule has 1 saturated heterocycles. The van der Waals surface area contributed by atoms with Crippen LogP contribution in [0.5, 0.6) is 0 Å². The van der Waals surface area contributed by atoms with E-state index < -0.39 is 30.2 Å². The first-order valence-corrected chi connectivity index (χ1v) is 13.2. The summed E-state index contributed by atoms with van der Waals surface area (Å²) in [6, 6.07) is 13.3. The topological polar surface area (TPSA) is 67.9 Å². The fourth-order valence-corrected chi connectivity index (χ4v) is 5.06. The van der Waals surface area contributed by atoms with Crippen molar-refractivity contribution in [1.29, 1.82) is 0 Å². The number of benzene rings is 2. The van der Waals surface area contributed by atoms with E-state index in [1.165, 1.54) is 19.4 Å². The molecule has 6 nitrogen and oxygen atoms in total. The maximum absolute atomic E-state index is 14.9. The van der Waals surface area contributed by atoms with Gasteiger partial charge in [-0.25, -0.2) is 4.39 Å². The number of amides is 2. The molecule has 4 rings (SSSR count). The van der Waals surface area contributed by atoms with Gasteiger partial charge in [-0.3, -0.25) is 9.59 Å². The van der Waals surface area contributed by atoms with Gasteiger partial charge in [-0.15, -0.1) is 0 Å². The van der Waals surface area contributed by atoms with Crippen molar-refractivity contribution >= 4 is 24.4 Å². The third-order valence-electron chi connectivity index (χ3n) is 7.95. The molecule has 1 saturated carbocycles. The molecule has 0 aromatic heterocycles. The highest BCUT2D eigenvalue weighted by atomic mass is 19.1. The molecule has 1 unspecified atom stereocenters. The Morgan fingerprint density at radius 1 is 1.03 bits per heavy atom. The zero-order valence-corrected chi connectivity index (χ0v) is 22.6. The Bertz CT molecular complexity index is 1100. The quantitative estimate of drug-likeness (QED) is 0.553. The van der Waals surface area contributed by atoms with Crippen molar-refractivity contribution in [3.63, 3.8) is 0 Å². The molecule has 0 radical (unpaired) electrons. The first-order chi connectivity index (χ1) is 17.5. The van der Waals surface area contributed by atoms with Crippen LogP contribution in [0.2, 0.25) is 0 Å². The Balaban J connectivity index is 1.62. The van der Waals surface area contributed by atoms with Crippen LogP contribution in [0.1, 0.15) is 83.9 Å².